The van der Waals surface area contributed by atoms with E-state index in [4.69, 9.17) is 14.2 Å². The second-order valence-electron chi connectivity index (χ2n) is 7.40. The van der Waals surface area contributed by atoms with Crippen molar-refractivity contribution in [3.05, 3.63) is 53.6 Å². The summed E-state index contributed by atoms with van der Waals surface area (Å²) < 4.78 is 55.2. The van der Waals surface area contributed by atoms with Gasteiger partial charge in [-0.3, -0.25) is 9.59 Å². The Balaban J connectivity index is 1.56. The molecule has 178 valence electrons. The predicted molar refractivity (Wildman–Crippen MR) is 115 cm³/mol. The molecule has 1 N–H and O–H groups in total. The fraction of sp³-hybridized carbons (Fsp3) is 0.391. The number of esters is 1. The minimum absolute atomic E-state index is 0.00402. The molecule has 1 aliphatic heterocycles. The van der Waals surface area contributed by atoms with Crippen LogP contribution in [-0.4, -0.2) is 51.4 Å². The number of nitrogens with zero attached hydrogens (tertiary/aromatic N) is 1. The molecule has 1 amide bonds. The van der Waals surface area contributed by atoms with Crippen molar-refractivity contribution >= 4 is 23.3 Å². The number of nitrogens with one attached hydrogen (secondary N) is 1. The van der Waals surface area contributed by atoms with Crippen molar-refractivity contribution in [2.45, 2.75) is 19.5 Å². The lowest BCUT2D eigenvalue weighted by Gasteiger charge is -2.31. The number of carbonyl (C=O) groups is 2. The van der Waals surface area contributed by atoms with Gasteiger partial charge in [0.05, 0.1) is 43.2 Å². The van der Waals surface area contributed by atoms with Crippen LogP contribution in [0.4, 0.5) is 24.5 Å². The summed E-state index contributed by atoms with van der Waals surface area (Å²) in [7, 11) is 0. The zero-order chi connectivity index (χ0) is 23.8. The lowest BCUT2D eigenvalue weighted by atomic mass is 10.1. The molecule has 2 aromatic rings. The third-order valence-corrected chi connectivity index (χ3v) is 4.97. The van der Waals surface area contributed by atoms with Crippen LogP contribution < -0.4 is 15.0 Å². The summed E-state index contributed by atoms with van der Waals surface area (Å²) in [6.45, 7) is 3.13. The standard InChI is InChI=1S/C23H25F3N2O5/c1-16-4-2-3-5-20(16)32-11-8-22(30)33-15-21(29)27-18-14-17(23(24,25)26)6-7-19(18)28-9-12-31-13-10-28/h2-7,14H,8-13,15H2,1H3,(H,27,29). The predicted octanol–water partition coefficient (Wildman–Crippen LogP) is 3.80. The lowest BCUT2D eigenvalue weighted by Crippen LogP contribution is -2.37. The molecule has 0 aromatic heterocycles. The van der Waals surface area contributed by atoms with Crippen LogP contribution in [0, 0.1) is 6.92 Å². The fourth-order valence-electron chi connectivity index (χ4n) is 3.26. The Bertz CT molecular complexity index is 975. The number of rotatable bonds is 8. The molecule has 0 unspecified atom stereocenters. The summed E-state index contributed by atoms with van der Waals surface area (Å²) in [4.78, 5) is 26.1. The molecule has 1 saturated heterocycles. The van der Waals surface area contributed by atoms with E-state index in [-0.39, 0.29) is 18.7 Å². The number of amides is 1. The van der Waals surface area contributed by atoms with Gasteiger partial charge < -0.3 is 24.4 Å². The first kappa shape index (κ1) is 24.4. The van der Waals surface area contributed by atoms with Crippen molar-refractivity contribution in [2.75, 3.05) is 49.7 Å². The number of anilines is 2. The Morgan fingerprint density at radius 3 is 2.55 bits per heavy atom. The summed E-state index contributed by atoms with van der Waals surface area (Å²) in [6, 6.07) is 10.5. The summed E-state index contributed by atoms with van der Waals surface area (Å²) in [5.74, 6) is -0.753. The molecule has 10 heteroatoms. The van der Waals surface area contributed by atoms with Crippen LogP contribution in [0.3, 0.4) is 0 Å². The van der Waals surface area contributed by atoms with E-state index in [1.807, 2.05) is 30.0 Å². The first-order chi connectivity index (χ1) is 15.7. The number of hydrogen-bond donors (Lipinski definition) is 1. The first-order valence-corrected chi connectivity index (χ1v) is 10.4. The number of para-hydroxylation sites is 1. The topological polar surface area (TPSA) is 77.1 Å². The van der Waals surface area contributed by atoms with Crippen molar-refractivity contribution in [3.63, 3.8) is 0 Å². The molecular weight excluding hydrogens is 441 g/mol. The number of ether oxygens (including phenoxy) is 3. The number of aryl methyl sites for hydroxylation is 1. The zero-order valence-electron chi connectivity index (χ0n) is 18.1. The average Bonchev–Trinajstić information content (AvgIpc) is 2.79. The third-order valence-electron chi connectivity index (χ3n) is 4.97. The van der Waals surface area contributed by atoms with Gasteiger partial charge in [0.1, 0.15) is 5.75 Å². The van der Waals surface area contributed by atoms with E-state index in [1.165, 1.54) is 6.07 Å². The Labute approximate surface area is 189 Å². The quantitative estimate of drug-likeness (QED) is 0.597. The van der Waals surface area contributed by atoms with E-state index >= 15 is 0 Å². The van der Waals surface area contributed by atoms with Crippen molar-refractivity contribution in [2.24, 2.45) is 0 Å². The van der Waals surface area contributed by atoms with Crippen LogP contribution in [0.1, 0.15) is 17.5 Å². The highest BCUT2D eigenvalue weighted by molar-refractivity contribution is 5.96. The van der Waals surface area contributed by atoms with Gasteiger partial charge in [0.2, 0.25) is 0 Å². The molecule has 0 bridgehead atoms. The smallest absolute Gasteiger partial charge is 0.416 e. The number of halogens is 3. The van der Waals surface area contributed by atoms with E-state index in [9.17, 15) is 22.8 Å². The normalized spacial score (nSPS) is 14.0. The molecule has 0 saturated carbocycles. The van der Waals surface area contributed by atoms with Gasteiger partial charge in [0.15, 0.2) is 6.61 Å². The van der Waals surface area contributed by atoms with Gasteiger partial charge in [-0.05, 0) is 36.8 Å². The highest BCUT2D eigenvalue weighted by Crippen LogP contribution is 2.35. The van der Waals surface area contributed by atoms with Gasteiger partial charge in [-0.2, -0.15) is 13.2 Å². The van der Waals surface area contributed by atoms with Crippen LogP contribution in [-0.2, 0) is 25.2 Å². The molecule has 3 rings (SSSR count). The maximum atomic E-state index is 13.2. The maximum Gasteiger partial charge on any atom is 0.416 e. The molecule has 1 fully saturated rings. The number of benzene rings is 2. The molecule has 0 radical (unpaired) electrons. The summed E-state index contributed by atoms with van der Waals surface area (Å²) in [6.07, 6.45) is -4.64. The van der Waals surface area contributed by atoms with Crippen molar-refractivity contribution in [1.29, 1.82) is 0 Å². The van der Waals surface area contributed by atoms with Crippen molar-refractivity contribution < 1.29 is 37.0 Å². The summed E-state index contributed by atoms with van der Waals surface area (Å²) >= 11 is 0. The number of alkyl halides is 3. The number of carbonyl (C=O) groups excluding carboxylic acids is 2. The molecule has 0 atom stereocenters. The van der Waals surface area contributed by atoms with Gasteiger partial charge in [-0.1, -0.05) is 18.2 Å². The van der Waals surface area contributed by atoms with Crippen LogP contribution in [0.5, 0.6) is 5.75 Å². The largest absolute Gasteiger partial charge is 0.493 e. The van der Waals surface area contributed by atoms with Crippen LogP contribution in [0.15, 0.2) is 42.5 Å². The number of hydrogen-bond acceptors (Lipinski definition) is 6. The van der Waals surface area contributed by atoms with Gasteiger partial charge in [0.25, 0.3) is 5.91 Å². The zero-order valence-corrected chi connectivity index (χ0v) is 18.1. The molecule has 7 nitrogen and oxygen atoms in total. The first-order valence-electron chi connectivity index (χ1n) is 10.4. The van der Waals surface area contributed by atoms with Gasteiger partial charge in [0, 0.05) is 13.1 Å². The molecule has 33 heavy (non-hydrogen) atoms. The highest BCUT2D eigenvalue weighted by atomic mass is 19.4. The minimum atomic E-state index is -4.56. The molecule has 2 aromatic carbocycles. The van der Waals surface area contributed by atoms with Gasteiger partial charge in [-0.15, -0.1) is 0 Å². The van der Waals surface area contributed by atoms with Crippen LogP contribution >= 0.6 is 0 Å². The molecule has 1 aliphatic rings. The summed E-state index contributed by atoms with van der Waals surface area (Å²) in [5, 5.41) is 2.44. The fourth-order valence-corrected chi connectivity index (χ4v) is 3.26. The maximum absolute atomic E-state index is 13.2. The average molecular weight is 466 g/mol. The number of morpholine rings is 1. The van der Waals surface area contributed by atoms with E-state index in [2.05, 4.69) is 5.32 Å². The SMILES string of the molecule is Cc1ccccc1OCCC(=O)OCC(=O)Nc1cc(C(F)(F)F)ccc1N1CCOCC1. The van der Waals surface area contributed by atoms with E-state index in [0.717, 1.165) is 17.7 Å². The van der Waals surface area contributed by atoms with Gasteiger partial charge >= 0.3 is 12.1 Å². The molecule has 1 heterocycles. The molecule has 0 aliphatic carbocycles. The van der Waals surface area contributed by atoms with Crippen LogP contribution in [0.2, 0.25) is 0 Å². The van der Waals surface area contributed by atoms with Crippen LogP contribution in [0.25, 0.3) is 0 Å². The Morgan fingerprint density at radius 2 is 1.85 bits per heavy atom. The van der Waals surface area contributed by atoms with Crippen molar-refractivity contribution in [1.82, 2.24) is 0 Å². The lowest BCUT2D eigenvalue weighted by molar-refractivity contribution is -0.147. The Hall–Kier alpha value is -3.27. The second kappa shape index (κ2) is 11.0. The minimum Gasteiger partial charge on any atom is -0.493 e. The molecule has 0 spiro atoms. The Morgan fingerprint density at radius 1 is 1.12 bits per heavy atom. The van der Waals surface area contributed by atoms with Gasteiger partial charge in [-0.25, -0.2) is 0 Å². The van der Waals surface area contributed by atoms with E-state index in [0.29, 0.717) is 37.7 Å². The van der Waals surface area contributed by atoms with Crippen molar-refractivity contribution in [3.8, 4) is 5.75 Å². The van der Waals surface area contributed by atoms with E-state index in [1.54, 1.807) is 6.07 Å². The highest BCUT2D eigenvalue weighted by Gasteiger charge is 2.32. The summed E-state index contributed by atoms with van der Waals surface area (Å²) in [5.41, 5.74) is 0.468. The third kappa shape index (κ3) is 7.11. The second-order valence-corrected chi connectivity index (χ2v) is 7.40. The Kier molecular flexibility index (Phi) is 8.16. The monoisotopic (exact) mass is 466 g/mol. The van der Waals surface area contributed by atoms with E-state index < -0.39 is 30.2 Å². The molecular formula is C23H25F3N2O5.